The largest absolute Gasteiger partial charge is 0.356 e. The molecule has 0 bridgehead atoms. The van der Waals surface area contributed by atoms with Crippen molar-refractivity contribution in [2.75, 3.05) is 6.54 Å². The summed E-state index contributed by atoms with van der Waals surface area (Å²) in [4.78, 5) is 12.3. The lowest BCUT2D eigenvalue weighted by Crippen LogP contribution is -2.34. The maximum Gasteiger partial charge on any atom is 0.241 e. The van der Waals surface area contributed by atoms with Crippen LogP contribution in [-0.2, 0) is 14.8 Å². The Hall–Kier alpha value is -2.18. The van der Waals surface area contributed by atoms with Crippen LogP contribution in [0.5, 0.6) is 0 Å². The Morgan fingerprint density at radius 3 is 2.28 bits per heavy atom. The first-order valence-electron chi connectivity index (χ1n) is 8.33. The molecule has 6 heteroatoms. The average Bonchev–Trinajstić information content (AvgIpc) is 2.60. The summed E-state index contributed by atoms with van der Waals surface area (Å²) in [5.41, 5.74) is 1.74. The lowest BCUT2D eigenvalue weighted by Gasteiger charge is -2.19. The van der Waals surface area contributed by atoms with Crippen LogP contribution < -0.4 is 10.0 Å². The van der Waals surface area contributed by atoms with Gasteiger partial charge in [-0.25, -0.2) is 13.1 Å². The van der Waals surface area contributed by atoms with Gasteiger partial charge in [-0.05, 0) is 31.0 Å². The van der Waals surface area contributed by atoms with Gasteiger partial charge in [0.1, 0.15) is 0 Å². The Bertz CT molecular complexity index is 787. The molecule has 0 aliphatic heterocycles. The van der Waals surface area contributed by atoms with E-state index in [-0.39, 0.29) is 17.2 Å². The highest BCUT2D eigenvalue weighted by Crippen LogP contribution is 2.20. The third kappa shape index (κ3) is 5.69. The van der Waals surface area contributed by atoms with Crippen molar-refractivity contribution in [3.63, 3.8) is 0 Å². The molecule has 0 saturated heterocycles. The summed E-state index contributed by atoms with van der Waals surface area (Å²) in [6, 6.07) is 15.1. The molecule has 5 nitrogen and oxygen atoms in total. The van der Waals surface area contributed by atoms with E-state index in [2.05, 4.69) is 10.0 Å². The molecule has 0 fully saturated rings. The minimum Gasteiger partial charge on any atom is -0.356 e. The van der Waals surface area contributed by atoms with E-state index in [9.17, 15) is 13.2 Å². The third-order valence-electron chi connectivity index (χ3n) is 3.79. The topological polar surface area (TPSA) is 75.3 Å². The number of carbonyl (C=O) groups is 1. The monoisotopic (exact) mass is 360 g/mol. The van der Waals surface area contributed by atoms with Crippen molar-refractivity contribution in [1.82, 2.24) is 10.0 Å². The molecule has 0 aliphatic rings. The van der Waals surface area contributed by atoms with Gasteiger partial charge in [0.05, 0.1) is 10.9 Å². The predicted octanol–water partition coefficient (Wildman–Crippen LogP) is 2.93. The number of nitrogens with one attached hydrogen (secondary N) is 2. The fourth-order valence-corrected chi connectivity index (χ4v) is 3.63. The third-order valence-corrected chi connectivity index (χ3v) is 5.28. The summed E-state index contributed by atoms with van der Waals surface area (Å²) in [6.07, 6.45) is 0.881. The number of sulfonamides is 1. The number of benzene rings is 2. The zero-order valence-corrected chi connectivity index (χ0v) is 15.3. The van der Waals surface area contributed by atoms with Crippen LogP contribution >= 0.6 is 0 Å². The summed E-state index contributed by atoms with van der Waals surface area (Å²) >= 11 is 0. The lowest BCUT2D eigenvalue weighted by molar-refractivity contribution is -0.121. The van der Waals surface area contributed by atoms with Crippen LogP contribution in [0.3, 0.4) is 0 Å². The number of hydrogen-bond acceptors (Lipinski definition) is 3. The van der Waals surface area contributed by atoms with Gasteiger partial charge in [-0.2, -0.15) is 0 Å². The molecular formula is C19H24N2O3S. The first kappa shape index (κ1) is 19.1. The molecule has 0 unspecified atom stereocenters. The summed E-state index contributed by atoms with van der Waals surface area (Å²) in [7, 11) is -3.72. The van der Waals surface area contributed by atoms with Gasteiger partial charge in [-0.3, -0.25) is 4.79 Å². The molecule has 1 amide bonds. The quantitative estimate of drug-likeness (QED) is 0.760. The van der Waals surface area contributed by atoms with Crippen LogP contribution in [0.2, 0.25) is 0 Å². The molecule has 0 radical (unpaired) electrons. The number of amides is 1. The van der Waals surface area contributed by atoms with Crippen LogP contribution in [0, 0.1) is 6.92 Å². The van der Waals surface area contributed by atoms with Gasteiger partial charge in [-0.15, -0.1) is 0 Å². The normalized spacial score (nSPS) is 12.6. The van der Waals surface area contributed by atoms with Crippen molar-refractivity contribution in [2.24, 2.45) is 0 Å². The average molecular weight is 360 g/mol. The van der Waals surface area contributed by atoms with Crippen molar-refractivity contribution in [1.29, 1.82) is 0 Å². The Kier molecular flexibility index (Phi) is 6.73. The zero-order chi connectivity index (χ0) is 18.3. The summed E-state index contributed by atoms with van der Waals surface area (Å²) in [5, 5.41) is 2.79. The van der Waals surface area contributed by atoms with Crippen molar-refractivity contribution >= 4 is 15.9 Å². The number of rotatable bonds is 8. The van der Waals surface area contributed by atoms with Crippen molar-refractivity contribution in [3.05, 3.63) is 65.7 Å². The predicted molar refractivity (Wildman–Crippen MR) is 98.6 cm³/mol. The maximum absolute atomic E-state index is 12.7. The zero-order valence-electron chi connectivity index (χ0n) is 14.5. The molecule has 2 aromatic carbocycles. The Morgan fingerprint density at radius 1 is 1.04 bits per heavy atom. The molecule has 0 aliphatic carbocycles. The molecular weight excluding hydrogens is 336 g/mol. The fourth-order valence-electron chi connectivity index (χ4n) is 2.41. The Morgan fingerprint density at radius 2 is 1.68 bits per heavy atom. The summed E-state index contributed by atoms with van der Waals surface area (Å²) in [5.74, 6) is -0.178. The molecule has 134 valence electrons. The molecule has 0 saturated carbocycles. The van der Waals surface area contributed by atoms with E-state index in [1.54, 1.807) is 24.3 Å². The maximum atomic E-state index is 12.7. The highest BCUT2D eigenvalue weighted by molar-refractivity contribution is 7.89. The Balaban J connectivity index is 2.23. The van der Waals surface area contributed by atoms with Crippen LogP contribution in [0.25, 0.3) is 0 Å². The van der Waals surface area contributed by atoms with Crippen LogP contribution in [0.15, 0.2) is 59.5 Å². The van der Waals surface area contributed by atoms with E-state index in [0.717, 1.165) is 17.5 Å². The minimum atomic E-state index is -3.72. The molecule has 25 heavy (non-hydrogen) atoms. The van der Waals surface area contributed by atoms with Gasteiger partial charge in [0, 0.05) is 13.0 Å². The SMILES string of the molecule is CCCNC(=O)C[C@H](NS(=O)(=O)c1ccc(C)cc1)c1ccccc1. The van der Waals surface area contributed by atoms with Gasteiger partial charge < -0.3 is 5.32 Å². The van der Waals surface area contributed by atoms with E-state index >= 15 is 0 Å². The molecule has 2 N–H and O–H groups in total. The van der Waals surface area contributed by atoms with E-state index in [1.165, 1.54) is 0 Å². The smallest absolute Gasteiger partial charge is 0.241 e. The molecule has 0 spiro atoms. The first-order valence-corrected chi connectivity index (χ1v) is 9.81. The first-order chi connectivity index (χ1) is 11.9. The van der Waals surface area contributed by atoms with Crippen molar-refractivity contribution in [2.45, 2.75) is 37.6 Å². The fraction of sp³-hybridized carbons (Fsp3) is 0.316. The summed E-state index contributed by atoms with van der Waals surface area (Å²) in [6.45, 7) is 4.44. The van der Waals surface area contributed by atoms with Gasteiger partial charge >= 0.3 is 0 Å². The second-order valence-electron chi connectivity index (χ2n) is 5.95. The van der Waals surface area contributed by atoms with Crippen LogP contribution in [-0.4, -0.2) is 20.9 Å². The van der Waals surface area contributed by atoms with E-state index in [4.69, 9.17) is 0 Å². The van der Waals surface area contributed by atoms with Crippen molar-refractivity contribution < 1.29 is 13.2 Å². The molecule has 0 aromatic heterocycles. The van der Waals surface area contributed by atoms with E-state index in [1.807, 2.05) is 44.2 Å². The van der Waals surface area contributed by atoms with Gasteiger partial charge in [0.25, 0.3) is 0 Å². The number of hydrogen-bond donors (Lipinski definition) is 2. The highest BCUT2D eigenvalue weighted by atomic mass is 32.2. The summed E-state index contributed by atoms with van der Waals surface area (Å²) < 4.78 is 28.0. The van der Waals surface area contributed by atoms with Crippen LogP contribution in [0.1, 0.15) is 36.9 Å². The van der Waals surface area contributed by atoms with E-state index < -0.39 is 16.1 Å². The second-order valence-corrected chi connectivity index (χ2v) is 7.67. The minimum absolute atomic E-state index is 0.0507. The van der Waals surface area contributed by atoms with Gasteiger partial charge in [0.2, 0.25) is 15.9 Å². The lowest BCUT2D eigenvalue weighted by atomic mass is 10.0. The Labute approximate surface area is 149 Å². The molecule has 0 heterocycles. The van der Waals surface area contributed by atoms with Gasteiger partial charge in [0.15, 0.2) is 0 Å². The number of carbonyl (C=O) groups excluding carboxylic acids is 1. The molecule has 2 rings (SSSR count). The standard InChI is InChI=1S/C19H24N2O3S/c1-3-13-20-19(22)14-18(16-7-5-4-6-8-16)21-25(23,24)17-11-9-15(2)10-12-17/h4-12,18,21H,3,13-14H2,1-2H3,(H,20,22)/t18-/m0/s1. The van der Waals surface area contributed by atoms with Crippen molar-refractivity contribution in [3.8, 4) is 0 Å². The van der Waals surface area contributed by atoms with E-state index in [0.29, 0.717) is 6.54 Å². The molecule has 2 aromatic rings. The highest BCUT2D eigenvalue weighted by Gasteiger charge is 2.23. The molecule has 1 atom stereocenters. The second kappa shape index (κ2) is 8.78. The van der Waals surface area contributed by atoms with Crippen LogP contribution in [0.4, 0.5) is 0 Å². The number of aryl methyl sites for hydroxylation is 1. The van der Waals surface area contributed by atoms with Gasteiger partial charge in [-0.1, -0.05) is 55.0 Å².